The minimum absolute atomic E-state index is 0.266. The first-order valence-corrected chi connectivity index (χ1v) is 10.3. The van der Waals surface area contributed by atoms with Crippen molar-refractivity contribution in [2.45, 2.75) is 44.4 Å². The molecule has 27 heavy (non-hydrogen) atoms. The minimum atomic E-state index is 0.266. The topological polar surface area (TPSA) is 58.2 Å². The van der Waals surface area contributed by atoms with Crippen molar-refractivity contribution in [2.24, 2.45) is 5.92 Å². The Hall–Kier alpha value is -2.01. The highest BCUT2D eigenvalue weighted by Crippen LogP contribution is 2.31. The molecule has 1 atom stereocenters. The predicted octanol–water partition coefficient (Wildman–Crippen LogP) is 4.19. The van der Waals surface area contributed by atoms with Crippen LogP contribution in [0.15, 0.2) is 30.3 Å². The Labute approximate surface area is 165 Å². The fourth-order valence-electron chi connectivity index (χ4n) is 4.19. The number of amides is 1. The highest BCUT2D eigenvalue weighted by Gasteiger charge is 2.33. The lowest BCUT2D eigenvalue weighted by Crippen LogP contribution is -2.33. The molecular formula is C21H26ClN3O2. The molecular weight excluding hydrogens is 362 g/mol. The molecule has 0 spiro atoms. The zero-order valence-corrected chi connectivity index (χ0v) is 16.3. The molecule has 2 heterocycles. The number of halogens is 1. The van der Waals surface area contributed by atoms with Crippen molar-refractivity contribution >= 4 is 17.5 Å². The van der Waals surface area contributed by atoms with Gasteiger partial charge in [-0.15, -0.1) is 0 Å². The Morgan fingerprint density at radius 3 is 2.93 bits per heavy atom. The van der Waals surface area contributed by atoms with Gasteiger partial charge in [-0.2, -0.15) is 5.10 Å². The molecule has 1 aromatic carbocycles. The molecule has 0 radical (unpaired) electrons. The number of hydrogen-bond donors (Lipinski definition) is 1. The number of rotatable bonds is 6. The van der Waals surface area contributed by atoms with Gasteiger partial charge >= 0.3 is 0 Å². The van der Waals surface area contributed by atoms with E-state index >= 15 is 0 Å². The largest absolute Gasteiger partial charge is 0.493 e. The second-order valence-corrected chi connectivity index (χ2v) is 8.06. The van der Waals surface area contributed by atoms with Crippen LogP contribution in [0.1, 0.15) is 49.4 Å². The Morgan fingerprint density at radius 2 is 2.11 bits per heavy atom. The molecule has 1 saturated carbocycles. The van der Waals surface area contributed by atoms with E-state index in [0.29, 0.717) is 23.5 Å². The van der Waals surface area contributed by atoms with Gasteiger partial charge in [-0.3, -0.25) is 9.89 Å². The molecule has 5 nitrogen and oxygen atoms in total. The lowest BCUT2D eigenvalue weighted by atomic mass is 10.0. The summed E-state index contributed by atoms with van der Waals surface area (Å²) in [7, 11) is 0. The molecule has 6 heteroatoms. The summed E-state index contributed by atoms with van der Waals surface area (Å²) in [5.74, 6) is 1.75. The first-order chi connectivity index (χ1) is 13.2. The van der Waals surface area contributed by atoms with Crippen LogP contribution >= 0.6 is 11.6 Å². The normalized spacial score (nSPS) is 20.3. The van der Waals surface area contributed by atoms with Crippen molar-refractivity contribution in [1.29, 1.82) is 0 Å². The summed E-state index contributed by atoms with van der Waals surface area (Å²) in [4.78, 5) is 14.7. The number of nitrogens with zero attached hydrogens (tertiary/aromatic N) is 2. The number of ether oxygens (including phenoxy) is 1. The highest BCUT2D eigenvalue weighted by molar-refractivity contribution is 6.30. The summed E-state index contributed by atoms with van der Waals surface area (Å²) in [5, 5.41) is 8.28. The third-order valence-corrected chi connectivity index (χ3v) is 5.94. The summed E-state index contributed by atoms with van der Waals surface area (Å²) in [6, 6.07) is 9.55. The third kappa shape index (κ3) is 4.46. The predicted molar refractivity (Wildman–Crippen MR) is 105 cm³/mol. The van der Waals surface area contributed by atoms with Crippen molar-refractivity contribution in [3.8, 4) is 5.75 Å². The fourth-order valence-corrected chi connectivity index (χ4v) is 4.37. The van der Waals surface area contributed by atoms with Gasteiger partial charge in [0, 0.05) is 42.1 Å². The first kappa shape index (κ1) is 18.4. The number of aromatic amines is 1. The van der Waals surface area contributed by atoms with E-state index in [1.54, 1.807) is 0 Å². The average molecular weight is 388 g/mol. The van der Waals surface area contributed by atoms with Crippen LogP contribution in [-0.4, -0.2) is 40.7 Å². The van der Waals surface area contributed by atoms with Gasteiger partial charge in [0.2, 0.25) is 5.91 Å². The fraction of sp³-hybridized carbons (Fsp3) is 0.524. The van der Waals surface area contributed by atoms with Gasteiger partial charge in [0.25, 0.3) is 0 Å². The van der Waals surface area contributed by atoms with Crippen LogP contribution in [0.25, 0.3) is 0 Å². The molecule has 0 unspecified atom stereocenters. The molecule has 1 amide bonds. The minimum Gasteiger partial charge on any atom is -0.493 e. The Morgan fingerprint density at radius 1 is 1.26 bits per heavy atom. The number of carbonyl (C=O) groups is 1. The lowest BCUT2D eigenvalue weighted by Gasteiger charge is -2.20. The van der Waals surface area contributed by atoms with Crippen molar-refractivity contribution in [2.75, 3.05) is 19.7 Å². The quantitative estimate of drug-likeness (QED) is 0.808. The number of nitrogens with one attached hydrogen (secondary N) is 1. The molecule has 1 aromatic heterocycles. The van der Waals surface area contributed by atoms with E-state index in [2.05, 4.69) is 21.2 Å². The molecule has 1 saturated heterocycles. The SMILES string of the molecule is O=C(C1CCCC1)N1CC[C@@H](c2cc(CCOc3cccc(Cl)c3)[nH]n2)C1. The van der Waals surface area contributed by atoms with E-state index in [9.17, 15) is 4.79 Å². The van der Waals surface area contributed by atoms with E-state index in [-0.39, 0.29) is 5.92 Å². The van der Waals surface area contributed by atoms with Crippen LogP contribution < -0.4 is 4.74 Å². The number of hydrogen-bond acceptors (Lipinski definition) is 3. The second-order valence-electron chi connectivity index (χ2n) is 7.63. The van der Waals surface area contributed by atoms with Crippen LogP contribution in [-0.2, 0) is 11.2 Å². The van der Waals surface area contributed by atoms with Gasteiger partial charge in [-0.25, -0.2) is 0 Å². The van der Waals surface area contributed by atoms with Gasteiger partial charge < -0.3 is 9.64 Å². The average Bonchev–Trinajstić information content (AvgIpc) is 3.42. The van der Waals surface area contributed by atoms with Crippen LogP contribution in [0.2, 0.25) is 5.02 Å². The maximum Gasteiger partial charge on any atom is 0.225 e. The summed E-state index contributed by atoms with van der Waals surface area (Å²) in [6.07, 6.45) is 6.30. The van der Waals surface area contributed by atoms with Crippen LogP contribution in [0.3, 0.4) is 0 Å². The van der Waals surface area contributed by atoms with Crippen molar-refractivity contribution < 1.29 is 9.53 Å². The van der Waals surface area contributed by atoms with Gasteiger partial charge in [0.15, 0.2) is 0 Å². The lowest BCUT2D eigenvalue weighted by molar-refractivity contribution is -0.134. The van der Waals surface area contributed by atoms with E-state index < -0.39 is 0 Å². The maximum atomic E-state index is 12.6. The summed E-state index contributed by atoms with van der Waals surface area (Å²) >= 11 is 5.97. The zero-order valence-electron chi connectivity index (χ0n) is 15.5. The number of H-pyrrole nitrogens is 1. The van der Waals surface area contributed by atoms with E-state index in [1.807, 2.05) is 24.3 Å². The first-order valence-electron chi connectivity index (χ1n) is 9.90. The van der Waals surface area contributed by atoms with Gasteiger partial charge in [-0.1, -0.05) is 30.5 Å². The Kier molecular flexibility index (Phi) is 5.67. The highest BCUT2D eigenvalue weighted by atomic mass is 35.5. The molecule has 4 rings (SSSR count). The summed E-state index contributed by atoms with van der Waals surface area (Å²) in [6.45, 7) is 2.23. The summed E-state index contributed by atoms with van der Waals surface area (Å²) in [5.41, 5.74) is 2.13. The molecule has 1 N–H and O–H groups in total. The second kappa shape index (κ2) is 8.34. The number of likely N-dealkylation sites (tertiary alicyclic amines) is 1. The van der Waals surface area contributed by atoms with Crippen LogP contribution in [0.4, 0.5) is 0 Å². The Bertz CT molecular complexity index is 785. The van der Waals surface area contributed by atoms with Crippen LogP contribution in [0.5, 0.6) is 5.75 Å². The maximum absolute atomic E-state index is 12.6. The van der Waals surface area contributed by atoms with Crippen molar-refractivity contribution in [3.63, 3.8) is 0 Å². The molecule has 144 valence electrons. The number of benzene rings is 1. The molecule has 0 bridgehead atoms. The number of aromatic nitrogens is 2. The van der Waals surface area contributed by atoms with Gasteiger partial charge in [-0.05, 0) is 43.5 Å². The number of carbonyl (C=O) groups excluding carboxylic acids is 1. The zero-order chi connectivity index (χ0) is 18.6. The molecule has 2 fully saturated rings. The van der Waals surface area contributed by atoms with E-state index in [0.717, 1.165) is 55.9 Å². The molecule has 1 aliphatic carbocycles. The van der Waals surface area contributed by atoms with Crippen LogP contribution in [0, 0.1) is 5.92 Å². The van der Waals surface area contributed by atoms with Crippen molar-refractivity contribution in [1.82, 2.24) is 15.1 Å². The summed E-state index contributed by atoms with van der Waals surface area (Å²) < 4.78 is 5.75. The molecule has 2 aromatic rings. The molecule has 2 aliphatic rings. The third-order valence-electron chi connectivity index (χ3n) is 5.71. The van der Waals surface area contributed by atoms with E-state index in [4.69, 9.17) is 16.3 Å². The smallest absolute Gasteiger partial charge is 0.225 e. The molecule has 1 aliphatic heterocycles. The standard InChI is InChI=1S/C21H26ClN3O2/c22-17-6-3-7-19(12-17)27-11-9-18-13-20(24-23-18)16-8-10-25(14-16)21(26)15-4-1-2-5-15/h3,6-7,12-13,15-16H,1-2,4-5,8-11,14H2,(H,23,24)/t16-/m1/s1. The van der Waals surface area contributed by atoms with Gasteiger partial charge in [0.1, 0.15) is 5.75 Å². The van der Waals surface area contributed by atoms with E-state index in [1.165, 1.54) is 12.8 Å². The Balaban J connectivity index is 1.27. The monoisotopic (exact) mass is 387 g/mol. The van der Waals surface area contributed by atoms with Gasteiger partial charge in [0.05, 0.1) is 12.3 Å². The van der Waals surface area contributed by atoms with Crippen molar-refractivity contribution in [3.05, 3.63) is 46.7 Å².